The summed E-state index contributed by atoms with van der Waals surface area (Å²) in [5, 5.41) is 4.49. The maximum Gasteiger partial charge on any atom is 0.498 e. The molecule has 1 aliphatic heterocycles. The Morgan fingerprint density at radius 3 is 2.32 bits per heavy atom. The first-order valence-corrected chi connectivity index (χ1v) is 7.20. The molecule has 0 radical (unpaired) electrons. The average molecular weight is 262 g/mol. The molecule has 19 heavy (non-hydrogen) atoms. The van der Waals surface area contributed by atoms with Gasteiger partial charge < -0.3 is 9.31 Å². The van der Waals surface area contributed by atoms with Crippen molar-refractivity contribution in [3.05, 3.63) is 12.4 Å². The van der Waals surface area contributed by atoms with Crippen molar-refractivity contribution in [2.24, 2.45) is 5.92 Å². The second-order valence-corrected chi connectivity index (χ2v) is 6.96. The van der Waals surface area contributed by atoms with E-state index in [1.54, 1.807) is 0 Å². The van der Waals surface area contributed by atoms with E-state index in [1.807, 2.05) is 6.20 Å². The summed E-state index contributed by atoms with van der Waals surface area (Å²) in [5.74, 6) is 0.728. The monoisotopic (exact) mass is 262 g/mol. The van der Waals surface area contributed by atoms with Crippen molar-refractivity contribution < 1.29 is 9.31 Å². The first-order chi connectivity index (χ1) is 8.80. The molecule has 0 bridgehead atoms. The predicted octanol–water partition coefficient (Wildman–Crippen LogP) is 2.15. The fourth-order valence-corrected chi connectivity index (χ4v) is 2.68. The SMILES string of the molecule is C[C@H]1CC[C@H]1n1cc(B2OC(C)(C)C(C)(C)O2)cn1. The van der Waals surface area contributed by atoms with Crippen LogP contribution in [-0.2, 0) is 9.31 Å². The molecule has 1 saturated heterocycles. The van der Waals surface area contributed by atoms with Gasteiger partial charge in [-0.15, -0.1) is 0 Å². The van der Waals surface area contributed by atoms with Crippen molar-refractivity contribution in [3.63, 3.8) is 0 Å². The highest BCUT2D eigenvalue weighted by Crippen LogP contribution is 2.38. The van der Waals surface area contributed by atoms with Crippen molar-refractivity contribution >= 4 is 12.6 Å². The lowest BCUT2D eigenvalue weighted by Crippen LogP contribution is -2.41. The van der Waals surface area contributed by atoms with Gasteiger partial charge in [-0.2, -0.15) is 5.10 Å². The molecule has 0 aromatic carbocycles. The fourth-order valence-electron chi connectivity index (χ4n) is 2.68. The Bertz CT molecular complexity index is 468. The van der Waals surface area contributed by atoms with Gasteiger partial charge in [0.1, 0.15) is 0 Å². The van der Waals surface area contributed by atoms with Crippen LogP contribution in [0.4, 0.5) is 0 Å². The first-order valence-electron chi connectivity index (χ1n) is 7.20. The molecule has 0 amide bonds. The molecule has 2 fully saturated rings. The molecule has 0 N–H and O–H groups in total. The van der Waals surface area contributed by atoms with Crippen LogP contribution in [0.3, 0.4) is 0 Å². The van der Waals surface area contributed by atoms with E-state index in [0.717, 1.165) is 11.4 Å². The van der Waals surface area contributed by atoms with Gasteiger partial charge in [0.15, 0.2) is 0 Å². The van der Waals surface area contributed by atoms with Gasteiger partial charge in [0.25, 0.3) is 0 Å². The minimum atomic E-state index is -0.297. The standard InChI is InChI=1S/C14H23BN2O2/c1-10-6-7-12(10)17-9-11(8-16-17)15-18-13(2,3)14(4,5)19-15/h8-10,12H,6-7H2,1-5H3/t10-,12+/m0/s1. The summed E-state index contributed by atoms with van der Waals surface area (Å²) in [5.41, 5.74) is 0.449. The van der Waals surface area contributed by atoms with Gasteiger partial charge in [-0.1, -0.05) is 6.92 Å². The van der Waals surface area contributed by atoms with Gasteiger partial charge in [-0.25, -0.2) is 0 Å². The third-order valence-electron chi connectivity index (χ3n) is 5.06. The highest BCUT2D eigenvalue weighted by Gasteiger charge is 2.52. The number of hydrogen-bond acceptors (Lipinski definition) is 3. The van der Waals surface area contributed by atoms with Crippen molar-refractivity contribution in [1.82, 2.24) is 9.78 Å². The molecule has 104 valence electrons. The van der Waals surface area contributed by atoms with E-state index in [1.165, 1.54) is 12.8 Å². The third-order valence-corrected chi connectivity index (χ3v) is 5.06. The summed E-state index contributed by atoms with van der Waals surface area (Å²) >= 11 is 0. The predicted molar refractivity (Wildman–Crippen MR) is 75.4 cm³/mol. The molecule has 1 aromatic heterocycles. The minimum absolute atomic E-state index is 0.288. The molecular weight excluding hydrogens is 239 g/mol. The van der Waals surface area contributed by atoms with Crippen LogP contribution in [0, 0.1) is 5.92 Å². The lowest BCUT2D eigenvalue weighted by atomic mass is 9.80. The zero-order valence-corrected chi connectivity index (χ0v) is 12.5. The number of rotatable bonds is 2. The Labute approximate surface area is 115 Å². The summed E-state index contributed by atoms with van der Waals surface area (Å²) in [7, 11) is -0.297. The highest BCUT2D eigenvalue weighted by molar-refractivity contribution is 6.61. The molecule has 2 atom stereocenters. The van der Waals surface area contributed by atoms with Gasteiger partial charge in [0.2, 0.25) is 0 Å². The number of aromatic nitrogens is 2. The molecule has 1 aliphatic carbocycles. The van der Waals surface area contributed by atoms with E-state index in [9.17, 15) is 0 Å². The topological polar surface area (TPSA) is 36.3 Å². The lowest BCUT2D eigenvalue weighted by Gasteiger charge is -2.33. The Kier molecular flexibility index (Phi) is 2.84. The Hall–Kier alpha value is -0.805. The van der Waals surface area contributed by atoms with Crippen molar-refractivity contribution in [3.8, 4) is 0 Å². The van der Waals surface area contributed by atoms with Crippen LogP contribution < -0.4 is 5.46 Å². The fraction of sp³-hybridized carbons (Fsp3) is 0.786. The molecule has 2 heterocycles. The summed E-state index contributed by atoms with van der Waals surface area (Å²) in [4.78, 5) is 0. The second-order valence-electron chi connectivity index (χ2n) is 6.96. The van der Waals surface area contributed by atoms with Crippen LogP contribution >= 0.6 is 0 Å². The smallest absolute Gasteiger partial charge is 0.399 e. The second kappa shape index (κ2) is 4.09. The molecule has 5 heteroatoms. The van der Waals surface area contributed by atoms with E-state index in [-0.39, 0.29) is 18.3 Å². The van der Waals surface area contributed by atoms with Gasteiger partial charge in [0, 0.05) is 17.9 Å². The van der Waals surface area contributed by atoms with E-state index in [0.29, 0.717) is 6.04 Å². The molecule has 1 aromatic rings. The third kappa shape index (κ3) is 2.03. The molecule has 0 unspecified atom stereocenters. The van der Waals surface area contributed by atoms with E-state index in [2.05, 4.69) is 50.6 Å². The Morgan fingerprint density at radius 1 is 1.21 bits per heavy atom. The number of hydrogen-bond donors (Lipinski definition) is 0. The zero-order valence-electron chi connectivity index (χ0n) is 12.5. The summed E-state index contributed by atoms with van der Waals surface area (Å²) < 4.78 is 14.2. The van der Waals surface area contributed by atoms with Crippen LogP contribution in [0.25, 0.3) is 0 Å². The van der Waals surface area contributed by atoms with Crippen LogP contribution in [0.5, 0.6) is 0 Å². The highest BCUT2D eigenvalue weighted by atomic mass is 16.7. The van der Waals surface area contributed by atoms with Gasteiger partial charge in [-0.05, 0) is 46.5 Å². The first kappa shape index (κ1) is 13.2. The number of nitrogens with zero attached hydrogens (tertiary/aromatic N) is 2. The minimum Gasteiger partial charge on any atom is -0.399 e. The van der Waals surface area contributed by atoms with Gasteiger partial charge in [0.05, 0.1) is 17.2 Å². The molecule has 4 nitrogen and oxygen atoms in total. The van der Waals surface area contributed by atoms with Crippen molar-refractivity contribution in [1.29, 1.82) is 0 Å². The molecule has 3 rings (SSSR count). The molecule has 0 spiro atoms. The van der Waals surface area contributed by atoms with Crippen LogP contribution in [0.1, 0.15) is 53.5 Å². The van der Waals surface area contributed by atoms with E-state index in [4.69, 9.17) is 9.31 Å². The molecule has 2 aliphatic rings. The van der Waals surface area contributed by atoms with Gasteiger partial charge in [-0.3, -0.25) is 4.68 Å². The largest absolute Gasteiger partial charge is 0.498 e. The van der Waals surface area contributed by atoms with Crippen molar-refractivity contribution in [2.45, 2.75) is 64.7 Å². The maximum atomic E-state index is 6.05. The van der Waals surface area contributed by atoms with Crippen LogP contribution in [-0.4, -0.2) is 28.1 Å². The lowest BCUT2D eigenvalue weighted by molar-refractivity contribution is 0.00578. The van der Waals surface area contributed by atoms with Crippen molar-refractivity contribution in [2.75, 3.05) is 0 Å². The maximum absolute atomic E-state index is 6.05. The average Bonchev–Trinajstić information content (AvgIpc) is 2.81. The summed E-state index contributed by atoms with van der Waals surface area (Å²) in [6.45, 7) is 10.6. The van der Waals surface area contributed by atoms with E-state index < -0.39 is 0 Å². The van der Waals surface area contributed by atoms with E-state index >= 15 is 0 Å². The van der Waals surface area contributed by atoms with Crippen LogP contribution in [0.15, 0.2) is 12.4 Å². The Balaban J connectivity index is 1.78. The Morgan fingerprint density at radius 2 is 1.84 bits per heavy atom. The van der Waals surface area contributed by atoms with Gasteiger partial charge >= 0.3 is 7.12 Å². The summed E-state index contributed by atoms with van der Waals surface area (Å²) in [6, 6.07) is 0.552. The molecule has 1 saturated carbocycles. The van der Waals surface area contributed by atoms with Crippen LogP contribution in [0.2, 0.25) is 0 Å². The quantitative estimate of drug-likeness (QED) is 0.766. The summed E-state index contributed by atoms with van der Waals surface area (Å²) in [6.07, 6.45) is 6.50. The molecular formula is C14H23BN2O2. The normalized spacial score (nSPS) is 32.4. The zero-order chi connectivity index (χ0) is 13.8.